The first-order chi connectivity index (χ1) is 7.85. The van der Waals surface area contributed by atoms with Crippen LogP contribution in [0.25, 0.3) is 0 Å². The lowest BCUT2D eigenvalue weighted by molar-refractivity contribution is -0.129. The van der Waals surface area contributed by atoms with Crippen LogP contribution < -0.4 is 16.0 Å². The van der Waals surface area contributed by atoms with Gasteiger partial charge in [0.15, 0.2) is 0 Å². The molecule has 1 rings (SSSR count). The standard InChI is InChI=1S/C10H17F2N3O2.ClH/c1-3-13-8(16)6(2)15-9(17)7-4-10(11,12)5-14-7;/h6-7,14H,3-5H2,1-2H3,(H,13,16)(H,15,17);1H. The molecular weight excluding hydrogens is 268 g/mol. The number of carbonyl (C=O) groups excluding carboxylic acids is 2. The van der Waals surface area contributed by atoms with Crippen molar-refractivity contribution in [3.8, 4) is 0 Å². The van der Waals surface area contributed by atoms with Crippen molar-refractivity contribution in [3.63, 3.8) is 0 Å². The van der Waals surface area contributed by atoms with E-state index in [-0.39, 0.29) is 18.3 Å². The minimum atomic E-state index is -2.85. The third-order valence-corrected chi connectivity index (χ3v) is 2.53. The summed E-state index contributed by atoms with van der Waals surface area (Å²) in [6.45, 7) is 3.22. The van der Waals surface area contributed by atoms with Crippen LogP contribution in [0.5, 0.6) is 0 Å². The molecule has 2 amide bonds. The van der Waals surface area contributed by atoms with Crippen LogP contribution in [0.15, 0.2) is 0 Å². The summed E-state index contributed by atoms with van der Waals surface area (Å²) in [6, 6.07) is -1.65. The molecule has 8 heteroatoms. The third kappa shape index (κ3) is 4.73. The molecule has 1 saturated heterocycles. The zero-order valence-corrected chi connectivity index (χ0v) is 11.1. The monoisotopic (exact) mass is 285 g/mol. The van der Waals surface area contributed by atoms with Crippen molar-refractivity contribution in [1.29, 1.82) is 0 Å². The van der Waals surface area contributed by atoms with Crippen molar-refractivity contribution in [2.45, 2.75) is 38.3 Å². The fraction of sp³-hybridized carbons (Fsp3) is 0.800. The topological polar surface area (TPSA) is 70.2 Å². The second kappa shape index (κ2) is 6.84. The van der Waals surface area contributed by atoms with Crippen LogP contribution in [-0.2, 0) is 9.59 Å². The Morgan fingerprint density at radius 3 is 2.56 bits per heavy atom. The molecule has 106 valence electrons. The van der Waals surface area contributed by atoms with E-state index in [2.05, 4.69) is 16.0 Å². The first-order valence-electron chi connectivity index (χ1n) is 5.55. The summed E-state index contributed by atoms with van der Waals surface area (Å²) in [7, 11) is 0. The van der Waals surface area contributed by atoms with E-state index in [0.717, 1.165) is 0 Å². The molecular formula is C10H18ClF2N3O2. The van der Waals surface area contributed by atoms with Crippen molar-refractivity contribution in [2.24, 2.45) is 0 Å². The van der Waals surface area contributed by atoms with Gasteiger partial charge < -0.3 is 10.6 Å². The Bertz CT molecular complexity index is 315. The number of alkyl halides is 2. The van der Waals surface area contributed by atoms with Gasteiger partial charge in [0, 0.05) is 13.0 Å². The zero-order chi connectivity index (χ0) is 13.1. The van der Waals surface area contributed by atoms with Gasteiger partial charge in [-0.2, -0.15) is 0 Å². The molecule has 0 saturated carbocycles. The Balaban J connectivity index is 0.00000289. The molecule has 2 unspecified atom stereocenters. The van der Waals surface area contributed by atoms with Gasteiger partial charge in [0.2, 0.25) is 11.8 Å². The summed E-state index contributed by atoms with van der Waals surface area (Å²) in [6.07, 6.45) is -0.527. The molecule has 18 heavy (non-hydrogen) atoms. The molecule has 2 atom stereocenters. The Hall–Kier alpha value is -0.950. The lowest BCUT2D eigenvalue weighted by Gasteiger charge is -2.16. The van der Waals surface area contributed by atoms with E-state index in [9.17, 15) is 18.4 Å². The molecule has 0 radical (unpaired) electrons. The molecule has 3 N–H and O–H groups in total. The SMILES string of the molecule is CCNC(=O)C(C)NC(=O)C1CC(F)(F)CN1.Cl. The predicted octanol–water partition coefficient (Wildman–Crippen LogP) is 0.0462. The number of carbonyl (C=O) groups is 2. The van der Waals surface area contributed by atoms with Crippen LogP contribution in [0.3, 0.4) is 0 Å². The Kier molecular flexibility index (Phi) is 6.48. The maximum Gasteiger partial charge on any atom is 0.262 e. The highest BCUT2D eigenvalue weighted by atomic mass is 35.5. The molecule has 0 bridgehead atoms. The summed E-state index contributed by atoms with van der Waals surface area (Å²) in [5, 5.41) is 7.36. The van der Waals surface area contributed by atoms with Crippen LogP contribution in [0.4, 0.5) is 8.78 Å². The number of rotatable bonds is 4. The second-order valence-corrected chi connectivity index (χ2v) is 4.12. The number of halogens is 3. The lowest BCUT2D eigenvalue weighted by Crippen LogP contribution is -2.50. The molecule has 0 aromatic rings. The van der Waals surface area contributed by atoms with Crippen LogP contribution in [0.2, 0.25) is 0 Å². The van der Waals surface area contributed by atoms with Gasteiger partial charge in [-0.25, -0.2) is 8.78 Å². The number of amides is 2. The Morgan fingerprint density at radius 1 is 1.50 bits per heavy atom. The molecule has 5 nitrogen and oxygen atoms in total. The van der Waals surface area contributed by atoms with Gasteiger partial charge in [-0.1, -0.05) is 0 Å². The quantitative estimate of drug-likeness (QED) is 0.683. The van der Waals surface area contributed by atoms with Gasteiger partial charge in [-0.05, 0) is 13.8 Å². The van der Waals surface area contributed by atoms with Crippen LogP contribution in [0.1, 0.15) is 20.3 Å². The van der Waals surface area contributed by atoms with E-state index in [1.165, 1.54) is 6.92 Å². The predicted molar refractivity (Wildman–Crippen MR) is 64.9 cm³/mol. The van der Waals surface area contributed by atoms with E-state index >= 15 is 0 Å². The summed E-state index contributed by atoms with van der Waals surface area (Å²) < 4.78 is 25.7. The van der Waals surface area contributed by atoms with Crippen molar-refractivity contribution in [2.75, 3.05) is 13.1 Å². The van der Waals surface area contributed by atoms with Crippen molar-refractivity contribution >= 4 is 24.2 Å². The largest absolute Gasteiger partial charge is 0.355 e. The number of hydrogen-bond donors (Lipinski definition) is 3. The molecule has 0 aromatic carbocycles. The van der Waals surface area contributed by atoms with E-state index in [1.807, 2.05) is 0 Å². The van der Waals surface area contributed by atoms with Crippen molar-refractivity contribution < 1.29 is 18.4 Å². The fourth-order valence-electron chi connectivity index (χ4n) is 1.61. The maximum absolute atomic E-state index is 12.8. The van der Waals surface area contributed by atoms with Crippen LogP contribution >= 0.6 is 12.4 Å². The van der Waals surface area contributed by atoms with Gasteiger partial charge >= 0.3 is 0 Å². The van der Waals surface area contributed by atoms with Gasteiger partial charge in [-0.3, -0.25) is 14.9 Å². The Labute approximate surface area is 110 Å². The highest BCUT2D eigenvalue weighted by Gasteiger charge is 2.42. The summed E-state index contributed by atoms with van der Waals surface area (Å²) in [5.74, 6) is -3.75. The van der Waals surface area contributed by atoms with Crippen LogP contribution in [0, 0.1) is 0 Å². The van der Waals surface area contributed by atoms with E-state index in [4.69, 9.17) is 0 Å². The average Bonchev–Trinajstić information content (AvgIpc) is 2.59. The highest BCUT2D eigenvalue weighted by Crippen LogP contribution is 2.25. The zero-order valence-electron chi connectivity index (χ0n) is 10.3. The molecule has 1 aliphatic rings. The second-order valence-electron chi connectivity index (χ2n) is 4.12. The summed E-state index contributed by atoms with van der Waals surface area (Å²) >= 11 is 0. The first-order valence-corrected chi connectivity index (χ1v) is 5.55. The minimum Gasteiger partial charge on any atom is -0.355 e. The summed E-state index contributed by atoms with van der Waals surface area (Å²) in [5.41, 5.74) is 0. The van der Waals surface area contributed by atoms with Gasteiger partial charge in [-0.15, -0.1) is 12.4 Å². The van der Waals surface area contributed by atoms with Crippen molar-refractivity contribution in [1.82, 2.24) is 16.0 Å². The molecule has 1 fully saturated rings. The average molecular weight is 286 g/mol. The number of hydrogen-bond acceptors (Lipinski definition) is 3. The van der Waals surface area contributed by atoms with Crippen molar-refractivity contribution in [3.05, 3.63) is 0 Å². The van der Waals surface area contributed by atoms with Crippen LogP contribution in [-0.4, -0.2) is 42.9 Å². The number of likely N-dealkylation sites (N-methyl/N-ethyl adjacent to an activating group) is 1. The molecule has 1 heterocycles. The fourth-order valence-corrected chi connectivity index (χ4v) is 1.61. The van der Waals surface area contributed by atoms with E-state index < -0.39 is 36.9 Å². The number of nitrogens with one attached hydrogen (secondary N) is 3. The molecule has 0 aromatic heterocycles. The summed E-state index contributed by atoms with van der Waals surface area (Å²) in [4.78, 5) is 22.9. The Morgan fingerprint density at radius 2 is 2.11 bits per heavy atom. The molecule has 1 aliphatic heterocycles. The third-order valence-electron chi connectivity index (χ3n) is 2.53. The smallest absolute Gasteiger partial charge is 0.262 e. The maximum atomic E-state index is 12.8. The highest BCUT2D eigenvalue weighted by molar-refractivity contribution is 5.89. The van der Waals surface area contributed by atoms with Gasteiger partial charge in [0.1, 0.15) is 6.04 Å². The first kappa shape index (κ1) is 17.1. The molecule has 0 spiro atoms. The van der Waals surface area contributed by atoms with E-state index in [0.29, 0.717) is 6.54 Å². The van der Waals surface area contributed by atoms with Gasteiger partial charge in [0.25, 0.3) is 5.92 Å². The van der Waals surface area contributed by atoms with Gasteiger partial charge in [0.05, 0.1) is 12.6 Å². The lowest BCUT2D eigenvalue weighted by atomic mass is 10.1. The minimum absolute atomic E-state index is 0. The normalized spacial score (nSPS) is 22.8. The van der Waals surface area contributed by atoms with E-state index in [1.54, 1.807) is 6.92 Å². The molecule has 0 aliphatic carbocycles.